The van der Waals surface area contributed by atoms with Gasteiger partial charge in [0.05, 0.1) is 5.69 Å². The Bertz CT molecular complexity index is 554. The predicted molar refractivity (Wildman–Crippen MR) is 85.8 cm³/mol. The van der Waals surface area contributed by atoms with E-state index >= 15 is 0 Å². The molecule has 0 radical (unpaired) electrons. The van der Waals surface area contributed by atoms with Gasteiger partial charge in [0.1, 0.15) is 21.5 Å². The SMILES string of the molecule is CCCN1CCN(c2sc(C(=O)NC)c(N)c2C#N)CC1. The van der Waals surface area contributed by atoms with Crippen molar-refractivity contribution >= 4 is 27.9 Å². The molecule has 0 unspecified atom stereocenters. The second-order valence-electron chi connectivity index (χ2n) is 5.04. The van der Waals surface area contributed by atoms with Gasteiger partial charge in [-0.25, -0.2) is 0 Å². The van der Waals surface area contributed by atoms with Gasteiger partial charge >= 0.3 is 0 Å². The molecule has 1 fully saturated rings. The smallest absolute Gasteiger partial charge is 0.263 e. The first-order chi connectivity index (χ1) is 10.1. The molecule has 6 nitrogen and oxygen atoms in total. The van der Waals surface area contributed by atoms with Crippen molar-refractivity contribution in [2.45, 2.75) is 13.3 Å². The first kappa shape index (κ1) is 15.6. The van der Waals surface area contributed by atoms with E-state index in [9.17, 15) is 10.1 Å². The largest absolute Gasteiger partial charge is 0.396 e. The lowest BCUT2D eigenvalue weighted by atomic mass is 10.2. The van der Waals surface area contributed by atoms with E-state index < -0.39 is 0 Å². The van der Waals surface area contributed by atoms with Gasteiger partial charge in [-0.2, -0.15) is 5.26 Å². The quantitative estimate of drug-likeness (QED) is 0.870. The van der Waals surface area contributed by atoms with E-state index in [4.69, 9.17) is 5.73 Å². The number of nitrogen functional groups attached to an aromatic ring is 1. The number of nitriles is 1. The summed E-state index contributed by atoms with van der Waals surface area (Å²) < 4.78 is 0. The molecule has 3 N–H and O–H groups in total. The Morgan fingerprint density at radius 1 is 1.43 bits per heavy atom. The Labute approximate surface area is 129 Å². The van der Waals surface area contributed by atoms with Gasteiger partial charge in [-0.05, 0) is 13.0 Å². The van der Waals surface area contributed by atoms with Crippen molar-refractivity contribution in [1.29, 1.82) is 5.26 Å². The Hall–Kier alpha value is -1.78. The molecule has 0 saturated carbocycles. The van der Waals surface area contributed by atoms with E-state index in [1.807, 2.05) is 0 Å². The maximum atomic E-state index is 11.8. The number of nitrogens with two attached hydrogens (primary N) is 1. The average Bonchev–Trinajstić information content (AvgIpc) is 2.84. The molecule has 1 saturated heterocycles. The maximum Gasteiger partial charge on any atom is 0.263 e. The second-order valence-corrected chi connectivity index (χ2v) is 6.04. The molecular formula is C14H21N5OS. The number of carbonyl (C=O) groups is 1. The fourth-order valence-electron chi connectivity index (χ4n) is 2.54. The molecule has 0 atom stereocenters. The van der Waals surface area contributed by atoms with Crippen LogP contribution in [-0.4, -0.2) is 50.6 Å². The Kier molecular flexibility index (Phi) is 5.04. The van der Waals surface area contributed by atoms with Crippen molar-refractivity contribution in [1.82, 2.24) is 10.2 Å². The monoisotopic (exact) mass is 307 g/mol. The van der Waals surface area contributed by atoms with Gasteiger partial charge in [-0.3, -0.25) is 9.69 Å². The van der Waals surface area contributed by atoms with Gasteiger partial charge in [0.15, 0.2) is 0 Å². The summed E-state index contributed by atoms with van der Waals surface area (Å²) in [7, 11) is 1.57. The molecule has 21 heavy (non-hydrogen) atoms. The fraction of sp³-hybridized carbons (Fsp3) is 0.571. The highest BCUT2D eigenvalue weighted by molar-refractivity contribution is 7.19. The van der Waals surface area contributed by atoms with Crippen LogP contribution in [0.1, 0.15) is 28.6 Å². The van der Waals surface area contributed by atoms with E-state index in [1.54, 1.807) is 7.05 Å². The molecule has 0 aromatic carbocycles. The zero-order valence-electron chi connectivity index (χ0n) is 12.5. The Balaban J connectivity index is 2.21. The first-order valence-corrected chi connectivity index (χ1v) is 7.95. The summed E-state index contributed by atoms with van der Waals surface area (Å²) >= 11 is 1.31. The van der Waals surface area contributed by atoms with Crippen molar-refractivity contribution < 1.29 is 4.79 Å². The minimum atomic E-state index is -0.232. The number of hydrogen-bond donors (Lipinski definition) is 2. The van der Waals surface area contributed by atoms with Crippen LogP contribution in [0.5, 0.6) is 0 Å². The van der Waals surface area contributed by atoms with Crippen LogP contribution < -0.4 is 16.0 Å². The van der Waals surface area contributed by atoms with Crippen LogP contribution >= 0.6 is 11.3 Å². The van der Waals surface area contributed by atoms with Crippen molar-refractivity contribution in [3.8, 4) is 6.07 Å². The lowest BCUT2D eigenvalue weighted by Gasteiger charge is -2.35. The number of nitrogens with one attached hydrogen (secondary N) is 1. The Morgan fingerprint density at radius 3 is 2.62 bits per heavy atom. The zero-order valence-corrected chi connectivity index (χ0v) is 13.3. The number of amides is 1. The van der Waals surface area contributed by atoms with Crippen molar-refractivity contribution in [2.24, 2.45) is 0 Å². The summed E-state index contributed by atoms with van der Waals surface area (Å²) in [4.78, 5) is 16.8. The number of piperazine rings is 1. The lowest BCUT2D eigenvalue weighted by Crippen LogP contribution is -2.46. The number of thiophene rings is 1. The predicted octanol–water partition coefficient (Wildman–Crippen LogP) is 1.09. The summed E-state index contributed by atoms with van der Waals surface area (Å²) in [5, 5.41) is 12.7. The van der Waals surface area contributed by atoms with Crippen LogP contribution in [0.3, 0.4) is 0 Å². The highest BCUT2D eigenvalue weighted by Gasteiger charge is 2.26. The maximum absolute atomic E-state index is 11.8. The molecule has 1 aromatic heterocycles. The summed E-state index contributed by atoms with van der Waals surface area (Å²) in [6, 6.07) is 2.15. The molecule has 0 aliphatic carbocycles. The van der Waals surface area contributed by atoms with E-state index in [0.717, 1.165) is 44.1 Å². The zero-order chi connectivity index (χ0) is 15.4. The number of carbonyl (C=O) groups excluding carboxylic acids is 1. The molecular weight excluding hydrogens is 286 g/mol. The first-order valence-electron chi connectivity index (χ1n) is 7.14. The van der Waals surface area contributed by atoms with Gasteiger partial charge < -0.3 is 16.0 Å². The third-order valence-electron chi connectivity index (χ3n) is 3.67. The number of hydrogen-bond acceptors (Lipinski definition) is 6. The standard InChI is InChI=1S/C14H21N5OS/c1-3-4-18-5-7-19(8-6-18)14-10(9-15)11(16)12(21-14)13(20)17-2/h3-8,16H2,1-2H3,(H,17,20). The van der Waals surface area contributed by atoms with Crippen LogP contribution in [0.25, 0.3) is 0 Å². The third kappa shape index (κ3) is 3.12. The van der Waals surface area contributed by atoms with Crippen LogP contribution in [0.2, 0.25) is 0 Å². The van der Waals surface area contributed by atoms with E-state index in [1.165, 1.54) is 11.3 Å². The lowest BCUT2D eigenvalue weighted by molar-refractivity contribution is 0.0968. The highest BCUT2D eigenvalue weighted by atomic mass is 32.1. The summed E-state index contributed by atoms with van der Waals surface area (Å²) in [5.74, 6) is -0.232. The fourth-order valence-corrected chi connectivity index (χ4v) is 3.70. The van der Waals surface area contributed by atoms with Crippen LogP contribution in [0.15, 0.2) is 0 Å². The molecule has 2 heterocycles. The van der Waals surface area contributed by atoms with E-state index in [-0.39, 0.29) is 5.91 Å². The van der Waals surface area contributed by atoms with Gasteiger partial charge in [-0.1, -0.05) is 6.92 Å². The topological polar surface area (TPSA) is 85.4 Å². The number of rotatable bonds is 4. The minimum absolute atomic E-state index is 0.232. The molecule has 0 spiro atoms. The summed E-state index contributed by atoms with van der Waals surface area (Å²) in [5.41, 5.74) is 6.69. The normalized spacial score (nSPS) is 15.8. The molecule has 2 rings (SSSR count). The molecule has 114 valence electrons. The summed E-state index contributed by atoms with van der Waals surface area (Å²) in [6.45, 7) is 6.96. The van der Waals surface area contributed by atoms with Crippen LogP contribution in [0, 0.1) is 11.3 Å². The second kappa shape index (κ2) is 6.78. The molecule has 1 amide bonds. The summed E-state index contributed by atoms with van der Waals surface area (Å²) in [6.07, 6.45) is 1.15. The van der Waals surface area contributed by atoms with Gasteiger partial charge in [-0.15, -0.1) is 11.3 Å². The van der Waals surface area contributed by atoms with Gasteiger partial charge in [0, 0.05) is 33.2 Å². The molecule has 0 bridgehead atoms. The molecule has 7 heteroatoms. The number of nitrogens with zero attached hydrogens (tertiary/aromatic N) is 3. The van der Waals surface area contributed by atoms with E-state index in [2.05, 4.69) is 28.1 Å². The van der Waals surface area contributed by atoms with Gasteiger partial charge in [0.25, 0.3) is 5.91 Å². The molecule has 1 aromatic rings. The van der Waals surface area contributed by atoms with Crippen molar-refractivity contribution in [2.75, 3.05) is 50.4 Å². The number of anilines is 2. The van der Waals surface area contributed by atoms with Crippen LogP contribution in [-0.2, 0) is 0 Å². The van der Waals surface area contributed by atoms with E-state index in [0.29, 0.717) is 16.1 Å². The Morgan fingerprint density at radius 2 is 2.10 bits per heavy atom. The van der Waals surface area contributed by atoms with Crippen molar-refractivity contribution in [3.63, 3.8) is 0 Å². The van der Waals surface area contributed by atoms with Gasteiger partial charge in [0.2, 0.25) is 0 Å². The highest BCUT2D eigenvalue weighted by Crippen LogP contribution is 2.38. The van der Waals surface area contributed by atoms with Crippen molar-refractivity contribution in [3.05, 3.63) is 10.4 Å². The molecule has 1 aliphatic heterocycles. The minimum Gasteiger partial charge on any atom is -0.396 e. The third-order valence-corrected chi connectivity index (χ3v) is 4.94. The molecule has 1 aliphatic rings. The van der Waals surface area contributed by atoms with Crippen LogP contribution in [0.4, 0.5) is 10.7 Å². The average molecular weight is 307 g/mol.